The zero-order valence-electron chi connectivity index (χ0n) is 17.9. The van der Waals surface area contributed by atoms with Crippen molar-refractivity contribution in [3.8, 4) is 0 Å². The fraction of sp³-hybridized carbons (Fsp3) is 0.435. The monoisotopic (exact) mass is 560 g/mol. The SMILES string of the molecule is CCNC(=NCc1ccc(N2CCC(O)CC2)c(F)c1)NC(C)c1ccccc1Cl.I. The second kappa shape index (κ2) is 12.5. The normalized spacial score (nSPS) is 15.9. The molecule has 8 heteroatoms. The minimum atomic E-state index is -0.275. The van der Waals surface area contributed by atoms with Gasteiger partial charge in [-0.25, -0.2) is 9.38 Å². The zero-order valence-corrected chi connectivity index (χ0v) is 21.0. The summed E-state index contributed by atoms with van der Waals surface area (Å²) in [7, 11) is 0. The summed E-state index contributed by atoms with van der Waals surface area (Å²) < 4.78 is 14.7. The van der Waals surface area contributed by atoms with Crippen LogP contribution in [0, 0.1) is 5.82 Å². The molecule has 3 N–H and O–H groups in total. The Morgan fingerprint density at radius 1 is 1.26 bits per heavy atom. The number of halogens is 3. The van der Waals surface area contributed by atoms with E-state index >= 15 is 0 Å². The molecule has 0 aromatic heterocycles. The molecule has 2 aromatic carbocycles. The number of benzene rings is 2. The third-order valence-electron chi connectivity index (χ3n) is 5.31. The van der Waals surface area contributed by atoms with Gasteiger partial charge < -0.3 is 20.6 Å². The van der Waals surface area contributed by atoms with E-state index in [0.29, 0.717) is 49.1 Å². The maximum absolute atomic E-state index is 14.7. The molecular formula is C23H31ClFIN4O. The van der Waals surface area contributed by atoms with E-state index in [1.54, 1.807) is 6.07 Å². The van der Waals surface area contributed by atoms with Gasteiger partial charge >= 0.3 is 0 Å². The van der Waals surface area contributed by atoms with Crippen LogP contribution in [-0.2, 0) is 6.54 Å². The molecule has 0 saturated carbocycles. The van der Waals surface area contributed by atoms with Gasteiger partial charge in [0.2, 0.25) is 0 Å². The average molecular weight is 561 g/mol. The Labute approximate surface area is 206 Å². The van der Waals surface area contributed by atoms with Gasteiger partial charge in [-0.2, -0.15) is 0 Å². The third kappa shape index (κ3) is 7.22. The first-order valence-corrected chi connectivity index (χ1v) is 10.9. The van der Waals surface area contributed by atoms with Crippen LogP contribution in [0.3, 0.4) is 0 Å². The Bertz CT molecular complexity index is 874. The molecule has 2 aromatic rings. The quantitative estimate of drug-likeness (QED) is 0.268. The smallest absolute Gasteiger partial charge is 0.192 e. The highest BCUT2D eigenvalue weighted by Gasteiger charge is 2.19. The van der Waals surface area contributed by atoms with Crippen LogP contribution < -0.4 is 15.5 Å². The molecule has 31 heavy (non-hydrogen) atoms. The van der Waals surface area contributed by atoms with Gasteiger partial charge in [0.1, 0.15) is 5.82 Å². The van der Waals surface area contributed by atoms with E-state index < -0.39 is 0 Å². The number of nitrogens with one attached hydrogen (secondary N) is 2. The summed E-state index contributed by atoms with van der Waals surface area (Å²) in [6.07, 6.45) is 1.07. The van der Waals surface area contributed by atoms with Crippen molar-refractivity contribution >= 4 is 47.2 Å². The van der Waals surface area contributed by atoms with E-state index in [1.807, 2.05) is 55.1 Å². The molecule has 5 nitrogen and oxygen atoms in total. The van der Waals surface area contributed by atoms with Crippen molar-refractivity contribution in [2.75, 3.05) is 24.5 Å². The van der Waals surface area contributed by atoms with Gasteiger partial charge in [-0.15, -0.1) is 24.0 Å². The predicted molar refractivity (Wildman–Crippen MR) is 137 cm³/mol. The highest BCUT2D eigenvalue weighted by molar-refractivity contribution is 14.0. The number of hydrogen-bond acceptors (Lipinski definition) is 3. The molecule has 1 aliphatic rings. The molecule has 3 rings (SSSR count). The lowest BCUT2D eigenvalue weighted by atomic mass is 10.1. The van der Waals surface area contributed by atoms with Crippen LogP contribution in [0.25, 0.3) is 0 Å². The second-order valence-corrected chi connectivity index (χ2v) is 7.99. The fourth-order valence-corrected chi connectivity index (χ4v) is 3.91. The van der Waals surface area contributed by atoms with Gasteiger partial charge in [0.25, 0.3) is 0 Å². The lowest BCUT2D eigenvalue weighted by molar-refractivity contribution is 0.145. The molecule has 170 valence electrons. The van der Waals surface area contributed by atoms with Gasteiger partial charge in [0.15, 0.2) is 5.96 Å². The Kier molecular flexibility index (Phi) is 10.3. The van der Waals surface area contributed by atoms with Gasteiger partial charge in [-0.05, 0) is 56.0 Å². The average Bonchev–Trinajstić information content (AvgIpc) is 2.73. The van der Waals surface area contributed by atoms with Crippen LogP contribution in [0.4, 0.5) is 10.1 Å². The first-order valence-electron chi connectivity index (χ1n) is 10.5. The van der Waals surface area contributed by atoms with Gasteiger partial charge in [-0.1, -0.05) is 35.9 Å². The second-order valence-electron chi connectivity index (χ2n) is 7.59. The van der Waals surface area contributed by atoms with Crippen molar-refractivity contribution in [2.45, 2.75) is 45.4 Å². The Balaban J connectivity index is 0.00000341. The molecular weight excluding hydrogens is 530 g/mol. The predicted octanol–water partition coefficient (Wildman–Crippen LogP) is 4.87. The van der Waals surface area contributed by atoms with Crippen LogP contribution in [0.15, 0.2) is 47.5 Å². The van der Waals surface area contributed by atoms with Gasteiger partial charge in [-0.3, -0.25) is 0 Å². The van der Waals surface area contributed by atoms with Crippen LogP contribution in [0.5, 0.6) is 0 Å². The summed E-state index contributed by atoms with van der Waals surface area (Å²) in [5, 5.41) is 16.9. The van der Waals surface area contributed by atoms with Crippen molar-refractivity contribution in [1.29, 1.82) is 0 Å². The number of anilines is 1. The molecule has 1 fully saturated rings. The molecule has 0 bridgehead atoms. The van der Waals surface area contributed by atoms with Crippen LogP contribution >= 0.6 is 35.6 Å². The van der Waals surface area contributed by atoms with Gasteiger partial charge in [0, 0.05) is 24.7 Å². The Morgan fingerprint density at radius 2 is 1.97 bits per heavy atom. The molecule has 1 heterocycles. The Hall–Kier alpha value is -1.58. The number of aliphatic imine (C=N–C) groups is 1. The fourth-order valence-electron chi connectivity index (χ4n) is 3.61. The van der Waals surface area contributed by atoms with Gasteiger partial charge in [0.05, 0.1) is 24.4 Å². The topological polar surface area (TPSA) is 59.9 Å². The minimum Gasteiger partial charge on any atom is -0.393 e. The van der Waals surface area contributed by atoms with Crippen molar-refractivity contribution in [3.05, 3.63) is 64.4 Å². The molecule has 0 radical (unpaired) electrons. The van der Waals surface area contributed by atoms with Crippen molar-refractivity contribution in [3.63, 3.8) is 0 Å². The largest absolute Gasteiger partial charge is 0.393 e. The molecule has 0 amide bonds. The van der Waals surface area contributed by atoms with E-state index in [0.717, 1.165) is 17.7 Å². The molecule has 0 spiro atoms. The molecule has 1 unspecified atom stereocenters. The maximum atomic E-state index is 14.7. The molecule has 1 aliphatic heterocycles. The summed E-state index contributed by atoms with van der Waals surface area (Å²) in [4.78, 5) is 6.60. The van der Waals surface area contributed by atoms with Crippen molar-refractivity contribution in [1.82, 2.24) is 10.6 Å². The minimum absolute atomic E-state index is 0. The number of aliphatic hydroxyl groups excluding tert-OH is 1. The van der Waals surface area contributed by atoms with Crippen molar-refractivity contribution < 1.29 is 9.50 Å². The lowest BCUT2D eigenvalue weighted by Gasteiger charge is -2.31. The summed E-state index contributed by atoms with van der Waals surface area (Å²) in [5.41, 5.74) is 2.38. The van der Waals surface area contributed by atoms with E-state index in [2.05, 4.69) is 15.6 Å². The summed E-state index contributed by atoms with van der Waals surface area (Å²) >= 11 is 6.30. The first-order chi connectivity index (χ1) is 14.5. The Morgan fingerprint density at radius 3 is 2.61 bits per heavy atom. The number of rotatable bonds is 6. The molecule has 1 saturated heterocycles. The number of guanidine groups is 1. The number of aliphatic hydroxyl groups is 1. The van der Waals surface area contributed by atoms with Crippen molar-refractivity contribution in [2.24, 2.45) is 4.99 Å². The number of hydrogen-bond donors (Lipinski definition) is 3. The first kappa shape index (κ1) is 25.7. The summed E-state index contributed by atoms with van der Waals surface area (Å²) in [5.74, 6) is 0.404. The van der Waals surface area contributed by atoms with E-state index in [-0.39, 0.29) is 41.9 Å². The maximum Gasteiger partial charge on any atom is 0.192 e. The van der Waals surface area contributed by atoms with E-state index in [9.17, 15) is 9.50 Å². The molecule has 1 atom stereocenters. The standard InChI is InChI=1S/C23H30ClFN4O.HI/c1-3-26-23(28-16(2)19-6-4-5-7-20(19)24)27-15-17-8-9-22(21(25)14-17)29-12-10-18(30)11-13-29;/h4-9,14,16,18,30H,3,10-13,15H2,1-2H3,(H2,26,27,28);1H. The van der Waals surface area contributed by atoms with Crippen LogP contribution in [0.2, 0.25) is 5.02 Å². The highest BCUT2D eigenvalue weighted by atomic mass is 127. The number of piperidine rings is 1. The van der Waals surface area contributed by atoms with Crippen LogP contribution in [0.1, 0.15) is 43.9 Å². The van der Waals surface area contributed by atoms with E-state index in [1.165, 1.54) is 0 Å². The highest BCUT2D eigenvalue weighted by Crippen LogP contribution is 2.25. The number of nitrogens with zero attached hydrogens (tertiary/aromatic N) is 2. The lowest BCUT2D eigenvalue weighted by Crippen LogP contribution is -2.38. The summed E-state index contributed by atoms with van der Waals surface area (Å²) in [6, 6.07) is 13.0. The third-order valence-corrected chi connectivity index (χ3v) is 5.65. The summed E-state index contributed by atoms with van der Waals surface area (Å²) in [6.45, 7) is 6.45. The zero-order chi connectivity index (χ0) is 21.5. The molecule has 0 aliphatic carbocycles. The van der Waals surface area contributed by atoms with Crippen LogP contribution in [-0.4, -0.2) is 36.8 Å². The van der Waals surface area contributed by atoms with E-state index in [4.69, 9.17) is 11.6 Å².